The molecule has 9 aliphatic heterocycles. The molecule has 0 bridgehead atoms. The van der Waals surface area contributed by atoms with Gasteiger partial charge < -0.3 is 224 Å². The van der Waals surface area contributed by atoms with Crippen LogP contribution in [0.15, 0.2) is 48.5 Å². The van der Waals surface area contributed by atoms with Crippen LogP contribution in [0.5, 0.6) is 0 Å². The highest BCUT2D eigenvalue weighted by Gasteiger charge is 2.60. The Labute approximate surface area is 712 Å². The number of aliphatic hydroxyl groups is 24. The Morgan fingerprint density at radius 3 is 1.07 bits per heavy atom. The normalized spacial score (nSPS) is 45.7. The number of nitrogens with one attached hydrogen (secondary N) is 2. The number of ether oxygens (including phenoxy) is 18. The van der Waals surface area contributed by atoms with Gasteiger partial charge in [0.15, 0.2) is 50.3 Å². The van der Waals surface area contributed by atoms with Gasteiger partial charge in [-0.3, -0.25) is 4.79 Å². The SMILES string of the molecule is CC1C(O)[C@H](O[C@@H]2OC(CO)[C@H](O)C(O)[C@@H]2O)[C@H](CO)O[C@H]1O[C@@H]1C(O)[C@H](O)C(CO)O[C@@H]1OCC1O[C@@H](O[C@@H]2C(CO)O[C@@H](O[C@@H]3C(CO)O[C@@H](NC(=O)CC(NC(=O)OCC4c5ccccc5-c5ccccc54)C(=O)O)[C@@H](C)C3O)[C@@H](C)C2O)[C@H](O)C(O[C@H]2O[C@H](CO)[C@@H](O)C(O)C2O[C@@H]2OC(CO)[C@@H](O[C@@H]3OC(CO)C(O)[C@@H](O)[C@@H]3O)C(O)[C@@H]2C)[C@@H]1O. The highest BCUT2D eigenvalue weighted by atomic mass is 16.8. The Kier molecular flexibility index (Phi) is 34.2. The van der Waals surface area contributed by atoms with Gasteiger partial charge in [-0.25, -0.2) is 9.59 Å². The Balaban J connectivity index is 0.761. The van der Waals surface area contributed by atoms with Crippen LogP contribution in [0.25, 0.3) is 11.1 Å². The van der Waals surface area contributed by atoms with Crippen molar-refractivity contribution in [3.63, 3.8) is 0 Å². The van der Waals surface area contributed by atoms with Crippen molar-refractivity contribution in [2.24, 2.45) is 23.7 Å². The van der Waals surface area contributed by atoms with E-state index in [0.29, 0.717) is 0 Å². The Morgan fingerprint density at radius 1 is 0.328 bits per heavy atom. The van der Waals surface area contributed by atoms with Crippen molar-refractivity contribution in [2.45, 2.75) is 298 Å². The van der Waals surface area contributed by atoms with E-state index in [1.54, 1.807) is 0 Å². The topological polar surface area (TPSA) is 747 Å². The summed E-state index contributed by atoms with van der Waals surface area (Å²) in [6, 6.07) is 13.1. The summed E-state index contributed by atoms with van der Waals surface area (Å²) >= 11 is 0. The summed E-state index contributed by atoms with van der Waals surface area (Å²) in [4.78, 5) is 39.3. The summed E-state index contributed by atoms with van der Waals surface area (Å²) in [5, 5.41) is 282. The van der Waals surface area contributed by atoms with Gasteiger partial charge in [0.2, 0.25) is 5.91 Å². The molecule has 0 saturated carbocycles. The Bertz CT molecular complexity index is 3700. The summed E-state index contributed by atoms with van der Waals surface area (Å²) in [7, 11) is 0. The molecule has 0 aromatic heterocycles. The van der Waals surface area contributed by atoms with Gasteiger partial charge in [0.1, 0.15) is 190 Å². The van der Waals surface area contributed by atoms with Crippen LogP contribution in [0.3, 0.4) is 0 Å². The average molecular weight is 1810 g/mol. The van der Waals surface area contributed by atoms with Crippen molar-refractivity contribution >= 4 is 18.0 Å². The molecule has 1 aliphatic carbocycles. The fraction of sp³-hybridized carbons (Fsp3) is 0.805. The third-order valence-electron chi connectivity index (χ3n) is 24.8. The van der Waals surface area contributed by atoms with Crippen molar-refractivity contribution in [2.75, 3.05) is 66.1 Å². The van der Waals surface area contributed by atoms with E-state index in [1.807, 2.05) is 48.5 Å². The zero-order chi connectivity index (χ0) is 90.8. The van der Waals surface area contributed by atoms with Crippen LogP contribution in [0.4, 0.5) is 4.79 Å². The molecule has 2 aromatic carbocycles. The molecule has 0 spiro atoms. The van der Waals surface area contributed by atoms with Crippen molar-refractivity contribution in [1.29, 1.82) is 0 Å². The minimum atomic E-state index is -2.42. The minimum absolute atomic E-state index is 0.185. The molecule has 9 saturated heterocycles. The monoisotopic (exact) mass is 1800 g/mol. The highest BCUT2D eigenvalue weighted by Crippen LogP contribution is 2.46. The molecule has 46 atom stereocenters. The zero-order valence-corrected chi connectivity index (χ0v) is 67.8. The number of rotatable bonds is 32. The number of alkyl carbamates (subject to hydrolysis) is 1. The van der Waals surface area contributed by atoms with E-state index in [1.165, 1.54) is 27.7 Å². The number of aliphatic carboxylic acids is 1. The van der Waals surface area contributed by atoms with Gasteiger partial charge >= 0.3 is 12.1 Å². The number of hydrogen-bond acceptors (Lipinski definition) is 45. The quantitative estimate of drug-likeness (QED) is 0.0323. The fourth-order valence-electron chi connectivity index (χ4n) is 17.1. The van der Waals surface area contributed by atoms with Gasteiger partial charge in [-0.2, -0.15) is 0 Å². The standard InChI is InChI=1S/C77H116N2O46/c1-24-44(89)60(38(18-84)110-67(24)79-43(88)13-33(68(105)106)78-77(107)109-22-32-30-11-7-5-9-28(30)29-10-6-8-12-31(29)32)119-69-25(2)45(90)63(41(21-87)115-69)122-74-59(104)64(123-76-66(56(101)51(96)37(17-83)114-76)125-71-27(4)47(92)62(40(20-86)117-71)121-73-58(103)54(99)49(94)35(15-81)112-73)52(97)42(118-74)23-108-75-65(55(100)50(95)36(16-82)113-75)124-70-26(3)46(91)61(39(19-85)116-70)120-72-57(102)53(98)48(93)34(14-80)111-72/h5-12,24-27,32-42,44-67,69-76,80-87,89-104H,13-23H2,1-4H3,(H,78,107)(H,79,88)(H,105,106)/t24-,25-,26?,27-,33?,34?,35?,36?,37+,38?,39-,40?,41?,42?,44?,45?,46?,47?,48-,49?,50+,51+,52+,53?,54+,55?,56?,57-,58-,59+,60+,61+,62+,63+,64?,65+,66?,67+,69-,70-,71-,72-,73-,74-,75-,76+/m0/s1. The van der Waals surface area contributed by atoms with E-state index in [-0.39, 0.29) is 12.5 Å². The third kappa shape index (κ3) is 20.9. The number of carbonyl (C=O) groups excluding carboxylic acids is 2. The third-order valence-corrected chi connectivity index (χ3v) is 24.8. The molecule has 2 aromatic rings. The van der Waals surface area contributed by atoms with Crippen LogP contribution < -0.4 is 10.6 Å². The van der Waals surface area contributed by atoms with Gasteiger partial charge in [-0.15, -0.1) is 0 Å². The maximum Gasteiger partial charge on any atom is 0.407 e. The number of carboxylic acid groups (broad SMARTS) is 1. The van der Waals surface area contributed by atoms with E-state index < -0.39 is 365 Å². The maximum atomic E-state index is 13.6. The van der Waals surface area contributed by atoms with Crippen molar-refractivity contribution in [1.82, 2.24) is 10.6 Å². The van der Waals surface area contributed by atoms with Crippen LogP contribution >= 0.6 is 0 Å². The van der Waals surface area contributed by atoms with Crippen molar-refractivity contribution in [3.8, 4) is 11.1 Å². The molecule has 27 N–H and O–H groups in total. The second-order valence-corrected chi connectivity index (χ2v) is 32.9. The Hall–Kier alpha value is -4.99. The lowest BCUT2D eigenvalue weighted by atomic mass is 9.89. The molecule has 9 fully saturated rings. The van der Waals surface area contributed by atoms with Gasteiger partial charge in [0.25, 0.3) is 0 Å². The van der Waals surface area contributed by atoms with Crippen molar-refractivity contribution in [3.05, 3.63) is 59.7 Å². The fourth-order valence-corrected chi connectivity index (χ4v) is 17.1. The van der Waals surface area contributed by atoms with Crippen LogP contribution in [0.2, 0.25) is 0 Å². The van der Waals surface area contributed by atoms with Crippen LogP contribution in [0.1, 0.15) is 51.2 Å². The maximum absolute atomic E-state index is 13.6. The predicted octanol–water partition coefficient (Wildman–Crippen LogP) is -13.0. The molecule has 9 heterocycles. The minimum Gasteiger partial charge on any atom is -0.480 e. The van der Waals surface area contributed by atoms with E-state index >= 15 is 0 Å². The first-order chi connectivity index (χ1) is 59.6. The van der Waals surface area contributed by atoms with Gasteiger partial charge in [0, 0.05) is 29.6 Å². The molecule has 12 rings (SSSR count). The molecule has 125 heavy (non-hydrogen) atoms. The van der Waals surface area contributed by atoms with E-state index in [9.17, 15) is 142 Å². The first-order valence-corrected chi connectivity index (χ1v) is 41.1. The van der Waals surface area contributed by atoms with Gasteiger partial charge in [-0.05, 0) is 22.3 Å². The summed E-state index contributed by atoms with van der Waals surface area (Å²) in [5.74, 6) is -8.23. The zero-order valence-electron chi connectivity index (χ0n) is 67.8. The highest BCUT2D eigenvalue weighted by molar-refractivity contribution is 5.87. The van der Waals surface area contributed by atoms with Crippen LogP contribution in [-0.2, 0) is 94.9 Å². The van der Waals surface area contributed by atoms with Crippen molar-refractivity contribution < 1.29 is 227 Å². The lowest BCUT2D eigenvalue weighted by Gasteiger charge is -2.51. The van der Waals surface area contributed by atoms with Gasteiger partial charge in [0.05, 0.1) is 90.3 Å². The van der Waals surface area contributed by atoms with E-state index in [0.717, 1.165) is 22.3 Å². The molecule has 2 amide bonds. The molecule has 19 unspecified atom stereocenters. The molecular weight excluding hydrogens is 1690 g/mol. The lowest BCUT2D eigenvalue weighted by Crippen LogP contribution is -2.68. The predicted molar refractivity (Wildman–Crippen MR) is 400 cm³/mol. The number of benzene rings is 2. The number of carbonyl (C=O) groups is 3. The molecule has 710 valence electrons. The molecule has 0 radical (unpaired) electrons. The van der Waals surface area contributed by atoms with E-state index in [2.05, 4.69) is 10.6 Å². The first-order valence-electron chi connectivity index (χ1n) is 41.1. The molecule has 48 nitrogen and oxygen atoms in total. The number of hydrogen-bond donors (Lipinski definition) is 27. The van der Waals surface area contributed by atoms with Crippen LogP contribution in [-0.4, -0.2) is 470 Å². The van der Waals surface area contributed by atoms with E-state index in [4.69, 9.17) is 85.3 Å². The lowest BCUT2D eigenvalue weighted by molar-refractivity contribution is -0.402. The molecular formula is C77H116N2O46. The summed E-state index contributed by atoms with van der Waals surface area (Å²) < 4.78 is 108. The number of amides is 2. The summed E-state index contributed by atoms with van der Waals surface area (Å²) in [5.41, 5.74) is 3.63. The van der Waals surface area contributed by atoms with Gasteiger partial charge in [-0.1, -0.05) is 76.2 Å². The molecule has 10 aliphatic rings. The first kappa shape index (κ1) is 99.0. The second kappa shape index (κ2) is 43.1. The number of carboxylic acids is 1. The Morgan fingerprint density at radius 2 is 0.656 bits per heavy atom. The largest absolute Gasteiger partial charge is 0.480 e. The molecule has 48 heteroatoms. The number of aliphatic hydroxyl groups excluding tert-OH is 24. The summed E-state index contributed by atoms with van der Waals surface area (Å²) in [6.07, 6.45) is -79.6. The average Bonchev–Trinajstić information content (AvgIpc) is 1.75. The summed E-state index contributed by atoms with van der Waals surface area (Å²) in [6.45, 7) is -3.85. The van der Waals surface area contributed by atoms with Crippen LogP contribution in [0, 0.1) is 23.7 Å². The smallest absolute Gasteiger partial charge is 0.407 e. The second-order valence-electron chi connectivity index (χ2n) is 32.9. The number of fused-ring (bicyclic) bond motifs is 3.